The Morgan fingerprint density at radius 3 is 2.16 bits per heavy atom. The Morgan fingerprint density at radius 2 is 1.58 bits per heavy atom. The third-order valence-electron chi connectivity index (χ3n) is 7.96. The number of hydrogen-bond acceptors (Lipinski definition) is 5. The summed E-state index contributed by atoms with van der Waals surface area (Å²) in [5, 5.41) is 8.83. The van der Waals surface area contributed by atoms with E-state index in [2.05, 4.69) is 6.92 Å². The van der Waals surface area contributed by atoms with Crippen LogP contribution in [-0.2, 0) is 20.8 Å². The van der Waals surface area contributed by atoms with Gasteiger partial charge in [0.15, 0.2) is 0 Å². The third-order valence-corrected chi connectivity index (χ3v) is 9.68. The number of unbranched alkanes of at least 4 members (excludes halogenated alkanes) is 9. The molecule has 2 fully saturated rings. The predicted molar refractivity (Wildman–Crippen MR) is 154 cm³/mol. The van der Waals surface area contributed by atoms with Gasteiger partial charge in [0.1, 0.15) is 0 Å². The number of hydrogen-bond donors (Lipinski definition) is 2. The number of thioether (sulfide) groups is 1. The van der Waals surface area contributed by atoms with Crippen molar-refractivity contribution >= 4 is 29.5 Å². The fraction of sp³-hybridized carbons (Fsp3) is 0.700. The van der Waals surface area contributed by atoms with E-state index in [1.807, 2.05) is 40.1 Å². The van der Waals surface area contributed by atoms with Crippen LogP contribution >= 0.6 is 11.8 Å². The number of rotatable bonds is 16. The number of benzene rings is 1. The van der Waals surface area contributed by atoms with E-state index in [-0.39, 0.29) is 18.2 Å². The van der Waals surface area contributed by atoms with Gasteiger partial charge >= 0.3 is 5.97 Å². The summed E-state index contributed by atoms with van der Waals surface area (Å²) in [6.45, 7) is 3.98. The third kappa shape index (κ3) is 8.73. The highest BCUT2D eigenvalue weighted by Gasteiger charge is 2.53. The van der Waals surface area contributed by atoms with Crippen LogP contribution in [0.1, 0.15) is 96.0 Å². The fourth-order valence-corrected chi connectivity index (χ4v) is 7.48. The van der Waals surface area contributed by atoms with Crippen LogP contribution in [0.2, 0.25) is 0 Å². The Hall–Kier alpha value is -2.06. The molecule has 2 unspecified atom stereocenters. The van der Waals surface area contributed by atoms with Crippen LogP contribution < -0.4 is 5.73 Å². The van der Waals surface area contributed by atoms with Crippen LogP contribution in [0.4, 0.5) is 0 Å². The standard InChI is InChI=1S/C30H47N3O4S/c1-2-3-4-5-6-7-8-9-10-14-19-33-29(37)26(23-27(34)35)38-30(33)17-20-32(21-18-30)28(36)25(31)22-24-15-12-11-13-16-24/h11-13,15-16,25-26H,2-10,14,17-23,31H2,1H3,(H,34,35). The molecule has 38 heavy (non-hydrogen) atoms. The molecule has 212 valence electrons. The molecule has 7 nitrogen and oxygen atoms in total. The topological polar surface area (TPSA) is 104 Å². The van der Waals surface area contributed by atoms with Crippen molar-refractivity contribution in [2.75, 3.05) is 19.6 Å². The highest BCUT2D eigenvalue weighted by atomic mass is 32.2. The first-order chi connectivity index (χ1) is 18.4. The van der Waals surface area contributed by atoms with Gasteiger partial charge in [-0.05, 0) is 31.2 Å². The zero-order chi connectivity index (χ0) is 27.4. The number of nitrogens with zero attached hydrogens (tertiary/aromatic N) is 2. The summed E-state index contributed by atoms with van der Waals surface area (Å²) >= 11 is 1.51. The van der Waals surface area contributed by atoms with Crippen LogP contribution in [0.25, 0.3) is 0 Å². The summed E-state index contributed by atoms with van der Waals surface area (Å²) in [6, 6.07) is 9.21. The van der Waals surface area contributed by atoms with Crippen molar-refractivity contribution in [1.29, 1.82) is 0 Å². The Kier molecular flexibility index (Phi) is 12.4. The van der Waals surface area contributed by atoms with E-state index in [1.54, 1.807) is 0 Å². The van der Waals surface area contributed by atoms with Gasteiger partial charge in [0, 0.05) is 19.6 Å². The van der Waals surface area contributed by atoms with Crippen LogP contribution in [0, 0.1) is 0 Å². The van der Waals surface area contributed by atoms with Crippen LogP contribution in [0.3, 0.4) is 0 Å². The molecule has 0 bridgehead atoms. The predicted octanol–water partition coefficient (Wildman–Crippen LogP) is 5.21. The van der Waals surface area contributed by atoms with Gasteiger partial charge < -0.3 is 20.6 Å². The molecule has 2 heterocycles. The average molecular weight is 546 g/mol. The van der Waals surface area contributed by atoms with Gasteiger partial charge in [-0.15, -0.1) is 11.8 Å². The molecule has 2 amide bonds. The molecule has 0 aromatic heterocycles. The Morgan fingerprint density at radius 1 is 1.00 bits per heavy atom. The maximum Gasteiger partial charge on any atom is 0.305 e. The molecule has 0 radical (unpaired) electrons. The van der Waals surface area contributed by atoms with E-state index in [0.29, 0.717) is 38.9 Å². The molecule has 3 rings (SSSR count). The first kappa shape index (κ1) is 30.5. The fourth-order valence-electron chi connectivity index (χ4n) is 5.77. The van der Waals surface area contributed by atoms with E-state index in [4.69, 9.17) is 5.73 Å². The second kappa shape index (κ2) is 15.5. The van der Waals surface area contributed by atoms with Gasteiger partial charge in [-0.25, -0.2) is 0 Å². The summed E-state index contributed by atoms with van der Waals surface area (Å²) in [4.78, 5) is 41.1. The molecule has 2 saturated heterocycles. The van der Waals surface area contributed by atoms with Gasteiger partial charge in [-0.2, -0.15) is 0 Å². The average Bonchev–Trinajstić information content (AvgIpc) is 3.15. The highest BCUT2D eigenvalue weighted by Crippen LogP contribution is 2.49. The summed E-state index contributed by atoms with van der Waals surface area (Å²) in [5.74, 6) is -1.04. The Balaban J connectivity index is 1.50. The number of carbonyl (C=O) groups excluding carboxylic acids is 2. The number of carbonyl (C=O) groups is 3. The van der Waals surface area contributed by atoms with E-state index in [9.17, 15) is 19.5 Å². The second-order valence-electron chi connectivity index (χ2n) is 10.9. The van der Waals surface area contributed by atoms with Crippen molar-refractivity contribution in [2.45, 2.75) is 113 Å². The van der Waals surface area contributed by atoms with Crippen molar-refractivity contribution in [2.24, 2.45) is 5.73 Å². The van der Waals surface area contributed by atoms with Crippen LogP contribution in [-0.4, -0.2) is 68.5 Å². The molecule has 8 heteroatoms. The lowest BCUT2D eigenvalue weighted by Gasteiger charge is -2.44. The molecule has 0 aliphatic carbocycles. The Labute approximate surface area is 232 Å². The molecule has 2 aliphatic rings. The monoisotopic (exact) mass is 545 g/mol. The van der Waals surface area contributed by atoms with Crippen molar-refractivity contribution in [3.05, 3.63) is 35.9 Å². The highest BCUT2D eigenvalue weighted by molar-refractivity contribution is 8.02. The van der Waals surface area contributed by atoms with Crippen molar-refractivity contribution in [3.63, 3.8) is 0 Å². The van der Waals surface area contributed by atoms with Crippen LogP contribution in [0.15, 0.2) is 30.3 Å². The number of piperidine rings is 1. The summed E-state index contributed by atoms with van der Waals surface area (Å²) in [7, 11) is 0. The molecule has 1 aromatic carbocycles. The molecule has 0 saturated carbocycles. The van der Waals surface area contributed by atoms with Gasteiger partial charge in [-0.3, -0.25) is 14.4 Å². The lowest BCUT2D eigenvalue weighted by molar-refractivity contribution is -0.141. The van der Waals surface area contributed by atoms with Crippen LogP contribution in [0.5, 0.6) is 0 Å². The first-order valence-electron chi connectivity index (χ1n) is 14.7. The van der Waals surface area contributed by atoms with Gasteiger partial charge in [0.05, 0.1) is 22.6 Å². The van der Waals surface area contributed by atoms with Crippen molar-refractivity contribution < 1.29 is 19.5 Å². The second-order valence-corrected chi connectivity index (χ2v) is 12.5. The van der Waals surface area contributed by atoms with E-state index in [1.165, 1.54) is 63.1 Å². The number of carboxylic acid groups (broad SMARTS) is 1. The lowest BCUT2D eigenvalue weighted by Crippen LogP contribution is -2.55. The molecular weight excluding hydrogens is 498 g/mol. The van der Waals surface area contributed by atoms with Gasteiger partial charge in [0.2, 0.25) is 11.8 Å². The number of amides is 2. The molecular formula is C30H47N3O4S. The molecule has 3 N–H and O–H groups in total. The summed E-state index contributed by atoms with van der Waals surface area (Å²) < 4.78 is 0. The minimum absolute atomic E-state index is 0.0473. The van der Waals surface area contributed by atoms with Gasteiger partial charge in [0.25, 0.3) is 0 Å². The van der Waals surface area contributed by atoms with E-state index >= 15 is 0 Å². The largest absolute Gasteiger partial charge is 0.481 e. The quantitative estimate of drug-likeness (QED) is 0.276. The normalized spacial score (nSPS) is 19.7. The lowest BCUT2D eigenvalue weighted by atomic mass is 9.99. The molecule has 2 aliphatic heterocycles. The molecule has 2 atom stereocenters. The molecule has 1 spiro atoms. The zero-order valence-electron chi connectivity index (χ0n) is 23.1. The Bertz CT molecular complexity index is 889. The van der Waals surface area contributed by atoms with Crippen molar-refractivity contribution in [1.82, 2.24) is 9.80 Å². The maximum atomic E-state index is 13.3. The SMILES string of the molecule is CCCCCCCCCCCCN1C(=O)C(CC(=O)O)SC12CCN(C(=O)C(N)Cc1ccccc1)CC2. The number of nitrogens with two attached hydrogens (primary N) is 1. The molecule has 1 aromatic rings. The van der Waals surface area contributed by atoms with E-state index in [0.717, 1.165) is 18.4 Å². The summed E-state index contributed by atoms with van der Waals surface area (Å²) in [5.41, 5.74) is 7.31. The number of carboxylic acids is 1. The smallest absolute Gasteiger partial charge is 0.305 e. The number of aliphatic carboxylic acids is 1. The minimum Gasteiger partial charge on any atom is -0.481 e. The van der Waals surface area contributed by atoms with Crippen molar-refractivity contribution in [3.8, 4) is 0 Å². The first-order valence-corrected chi connectivity index (χ1v) is 15.5. The summed E-state index contributed by atoms with van der Waals surface area (Å²) in [6.07, 6.45) is 14.0. The minimum atomic E-state index is -0.939. The number of likely N-dealkylation sites (tertiary alicyclic amines) is 1. The van der Waals surface area contributed by atoms with E-state index < -0.39 is 22.1 Å². The van der Waals surface area contributed by atoms with Gasteiger partial charge in [-0.1, -0.05) is 95.0 Å². The maximum absolute atomic E-state index is 13.3. The zero-order valence-corrected chi connectivity index (χ0v) is 23.9.